The molecule has 1 amide bonds. The Morgan fingerprint density at radius 3 is 2.52 bits per heavy atom. The molecule has 21 heavy (non-hydrogen) atoms. The summed E-state index contributed by atoms with van der Waals surface area (Å²) in [5.74, 6) is 1.51. The van der Waals surface area contributed by atoms with Crippen molar-refractivity contribution in [2.45, 2.75) is 25.7 Å². The first-order valence-corrected chi connectivity index (χ1v) is 7.96. The van der Waals surface area contributed by atoms with E-state index in [0.29, 0.717) is 5.91 Å². The van der Waals surface area contributed by atoms with Crippen LogP contribution in [-0.4, -0.2) is 44.1 Å². The predicted molar refractivity (Wildman–Crippen MR) is 83.7 cm³/mol. The van der Waals surface area contributed by atoms with Crippen LogP contribution in [0.1, 0.15) is 25.7 Å². The van der Waals surface area contributed by atoms with Crippen LogP contribution in [0.15, 0.2) is 24.3 Å². The van der Waals surface area contributed by atoms with Gasteiger partial charge in [-0.3, -0.25) is 4.79 Å². The number of carbonyl (C=O) groups is 1. The van der Waals surface area contributed by atoms with E-state index in [0.717, 1.165) is 44.8 Å². The maximum absolute atomic E-state index is 12.4. The molecule has 1 aromatic carbocycles. The quantitative estimate of drug-likeness (QED) is 0.857. The lowest BCUT2D eigenvalue weighted by Gasteiger charge is -2.34. The molecule has 2 heterocycles. The van der Waals surface area contributed by atoms with Crippen LogP contribution in [0.2, 0.25) is 0 Å². The van der Waals surface area contributed by atoms with E-state index in [-0.39, 0.29) is 5.92 Å². The maximum Gasteiger partial charge on any atom is 0.225 e. The SMILES string of the molecule is COc1cccc(N2CCC(C(=O)N3CCCC3)CC2)c1. The van der Waals surface area contributed by atoms with E-state index < -0.39 is 0 Å². The van der Waals surface area contributed by atoms with E-state index >= 15 is 0 Å². The van der Waals surface area contributed by atoms with Crippen LogP contribution in [-0.2, 0) is 4.79 Å². The van der Waals surface area contributed by atoms with Crippen LogP contribution in [0.5, 0.6) is 5.75 Å². The number of likely N-dealkylation sites (tertiary alicyclic amines) is 1. The third-order valence-electron chi connectivity index (χ3n) is 4.68. The van der Waals surface area contributed by atoms with Crippen LogP contribution >= 0.6 is 0 Å². The van der Waals surface area contributed by atoms with Gasteiger partial charge in [-0.2, -0.15) is 0 Å². The number of piperidine rings is 1. The third-order valence-corrected chi connectivity index (χ3v) is 4.68. The number of ether oxygens (including phenoxy) is 1. The molecule has 0 aliphatic carbocycles. The molecule has 2 aliphatic rings. The molecule has 0 bridgehead atoms. The highest BCUT2D eigenvalue weighted by atomic mass is 16.5. The number of carbonyl (C=O) groups excluding carboxylic acids is 1. The van der Waals surface area contributed by atoms with Crippen molar-refractivity contribution in [3.63, 3.8) is 0 Å². The fourth-order valence-electron chi connectivity index (χ4n) is 3.39. The van der Waals surface area contributed by atoms with Gasteiger partial charge in [0.15, 0.2) is 0 Å². The van der Waals surface area contributed by atoms with Gasteiger partial charge in [0.25, 0.3) is 0 Å². The minimum absolute atomic E-state index is 0.227. The molecule has 2 aliphatic heterocycles. The van der Waals surface area contributed by atoms with E-state index in [2.05, 4.69) is 21.9 Å². The Kier molecular flexibility index (Phi) is 4.32. The van der Waals surface area contributed by atoms with Gasteiger partial charge in [0.1, 0.15) is 5.75 Å². The van der Waals surface area contributed by atoms with E-state index in [1.807, 2.05) is 12.1 Å². The zero-order valence-corrected chi connectivity index (χ0v) is 12.8. The van der Waals surface area contributed by atoms with Crippen molar-refractivity contribution in [1.29, 1.82) is 0 Å². The Morgan fingerprint density at radius 1 is 1.14 bits per heavy atom. The number of methoxy groups -OCH3 is 1. The van der Waals surface area contributed by atoms with Crippen LogP contribution in [0.3, 0.4) is 0 Å². The Bertz CT molecular complexity index is 489. The highest BCUT2D eigenvalue weighted by molar-refractivity contribution is 5.79. The van der Waals surface area contributed by atoms with Gasteiger partial charge in [0.2, 0.25) is 5.91 Å². The largest absolute Gasteiger partial charge is 0.497 e. The van der Waals surface area contributed by atoms with Crippen LogP contribution in [0, 0.1) is 5.92 Å². The fraction of sp³-hybridized carbons (Fsp3) is 0.588. The van der Waals surface area contributed by atoms with Crippen LogP contribution in [0.25, 0.3) is 0 Å². The molecule has 0 radical (unpaired) electrons. The summed E-state index contributed by atoms with van der Waals surface area (Å²) in [6.07, 6.45) is 4.28. The zero-order valence-electron chi connectivity index (χ0n) is 12.8. The normalized spacial score (nSPS) is 19.9. The van der Waals surface area contributed by atoms with E-state index in [1.165, 1.54) is 18.5 Å². The summed E-state index contributed by atoms with van der Waals surface area (Å²) >= 11 is 0. The van der Waals surface area contributed by atoms with Gasteiger partial charge in [-0.25, -0.2) is 0 Å². The van der Waals surface area contributed by atoms with Crippen molar-refractivity contribution in [1.82, 2.24) is 4.90 Å². The highest BCUT2D eigenvalue weighted by Gasteiger charge is 2.29. The second-order valence-electron chi connectivity index (χ2n) is 6.00. The third kappa shape index (κ3) is 3.14. The molecule has 0 N–H and O–H groups in total. The molecule has 114 valence electrons. The number of benzene rings is 1. The minimum Gasteiger partial charge on any atom is -0.497 e. The van der Waals surface area contributed by atoms with Crippen molar-refractivity contribution in [2.24, 2.45) is 5.92 Å². The van der Waals surface area contributed by atoms with Crippen molar-refractivity contribution >= 4 is 11.6 Å². The molecule has 4 heteroatoms. The Hall–Kier alpha value is -1.71. The summed E-state index contributed by atoms with van der Waals surface area (Å²) < 4.78 is 5.29. The molecule has 0 unspecified atom stereocenters. The lowest BCUT2D eigenvalue weighted by atomic mass is 9.95. The summed E-state index contributed by atoms with van der Waals surface area (Å²) in [4.78, 5) is 16.9. The van der Waals surface area contributed by atoms with E-state index in [1.54, 1.807) is 7.11 Å². The monoisotopic (exact) mass is 288 g/mol. The van der Waals surface area contributed by atoms with Crippen molar-refractivity contribution < 1.29 is 9.53 Å². The first-order chi connectivity index (χ1) is 10.3. The summed E-state index contributed by atoms with van der Waals surface area (Å²) in [7, 11) is 1.69. The number of amides is 1. The molecule has 0 saturated carbocycles. The average molecular weight is 288 g/mol. The number of anilines is 1. The molecule has 2 fully saturated rings. The van der Waals surface area contributed by atoms with Crippen LogP contribution in [0.4, 0.5) is 5.69 Å². The van der Waals surface area contributed by atoms with Gasteiger partial charge in [-0.1, -0.05) is 6.07 Å². The smallest absolute Gasteiger partial charge is 0.225 e. The summed E-state index contributed by atoms with van der Waals surface area (Å²) in [5, 5.41) is 0. The standard InChI is InChI=1S/C17H24N2O2/c1-21-16-6-4-5-15(13-16)18-11-7-14(8-12-18)17(20)19-9-2-3-10-19/h4-6,13-14H,2-3,7-12H2,1H3. The predicted octanol–water partition coefficient (Wildman–Crippen LogP) is 2.53. The number of hydrogen-bond acceptors (Lipinski definition) is 3. The molecule has 0 atom stereocenters. The molecule has 4 nitrogen and oxygen atoms in total. The number of nitrogens with zero attached hydrogens (tertiary/aromatic N) is 2. The van der Waals surface area contributed by atoms with Gasteiger partial charge in [0.05, 0.1) is 7.11 Å². The summed E-state index contributed by atoms with van der Waals surface area (Å²) in [5.41, 5.74) is 1.20. The van der Waals surface area contributed by atoms with E-state index in [9.17, 15) is 4.79 Å². The molecule has 0 spiro atoms. The second kappa shape index (κ2) is 6.37. The zero-order chi connectivity index (χ0) is 14.7. The van der Waals surface area contributed by atoms with Crippen molar-refractivity contribution in [3.8, 4) is 5.75 Å². The molecule has 0 aromatic heterocycles. The summed E-state index contributed by atoms with van der Waals surface area (Å²) in [6, 6.07) is 8.18. The Labute approximate surface area is 126 Å². The van der Waals surface area contributed by atoms with Crippen molar-refractivity contribution in [3.05, 3.63) is 24.3 Å². The summed E-state index contributed by atoms with van der Waals surface area (Å²) in [6.45, 7) is 3.85. The minimum atomic E-state index is 0.227. The lowest BCUT2D eigenvalue weighted by Crippen LogP contribution is -2.41. The second-order valence-corrected chi connectivity index (χ2v) is 6.00. The first kappa shape index (κ1) is 14.2. The van der Waals surface area contributed by atoms with Crippen molar-refractivity contribution in [2.75, 3.05) is 38.2 Å². The van der Waals surface area contributed by atoms with Crippen LogP contribution < -0.4 is 9.64 Å². The molecule has 1 aromatic rings. The van der Waals surface area contributed by atoms with Gasteiger partial charge in [-0.15, -0.1) is 0 Å². The average Bonchev–Trinajstić information content (AvgIpc) is 3.09. The van der Waals surface area contributed by atoms with Gasteiger partial charge in [0, 0.05) is 43.9 Å². The molecule has 3 rings (SSSR count). The van der Waals surface area contributed by atoms with Gasteiger partial charge >= 0.3 is 0 Å². The fourth-order valence-corrected chi connectivity index (χ4v) is 3.39. The highest BCUT2D eigenvalue weighted by Crippen LogP contribution is 2.27. The number of hydrogen-bond donors (Lipinski definition) is 0. The van der Waals surface area contributed by atoms with E-state index in [4.69, 9.17) is 4.74 Å². The molecule has 2 saturated heterocycles. The Balaban J connectivity index is 1.58. The topological polar surface area (TPSA) is 32.8 Å². The Morgan fingerprint density at radius 2 is 1.86 bits per heavy atom. The lowest BCUT2D eigenvalue weighted by molar-refractivity contribution is -0.135. The molecular weight excluding hydrogens is 264 g/mol. The first-order valence-electron chi connectivity index (χ1n) is 7.96. The van der Waals surface area contributed by atoms with Gasteiger partial charge < -0.3 is 14.5 Å². The number of rotatable bonds is 3. The van der Waals surface area contributed by atoms with Gasteiger partial charge in [-0.05, 0) is 37.8 Å². The maximum atomic E-state index is 12.4. The molecular formula is C17H24N2O2.